The molecule has 0 spiro atoms. The number of benzene rings is 3. The summed E-state index contributed by atoms with van der Waals surface area (Å²) in [4.78, 5) is 4.70. The third-order valence-electron chi connectivity index (χ3n) is 4.62. The van der Waals surface area contributed by atoms with E-state index in [1.54, 1.807) is 36.4 Å². The summed E-state index contributed by atoms with van der Waals surface area (Å²) in [5.41, 5.74) is 3.59. The van der Waals surface area contributed by atoms with E-state index in [2.05, 4.69) is 6.07 Å². The van der Waals surface area contributed by atoms with Gasteiger partial charge in [-0.05, 0) is 53.6 Å². The van der Waals surface area contributed by atoms with Gasteiger partial charge in [0.2, 0.25) is 0 Å². The van der Waals surface area contributed by atoms with Crippen LogP contribution in [0.1, 0.15) is 17.0 Å². The van der Waals surface area contributed by atoms with E-state index in [9.17, 15) is 5.26 Å². The van der Waals surface area contributed by atoms with E-state index < -0.39 is 0 Å². The molecule has 0 aliphatic heterocycles. The number of nitrogens with zero attached hydrogens (tertiary/aromatic N) is 3. The summed E-state index contributed by atoms with van der Waals surface area (Å²) in [6.07, 6.45) is 1.71. The van der Waals surface area contributed by atoms with Gasteiger partial charge in [-0.25, -0.2) is 4.98 Å². The summed E-state index contributed by atoms with van der Waals surface area (Å²) in [5.74, 6) is 0.524. The van der Waals surface area contributed by atoms with Crippen LogP contribution >= 0.6 is 46.4 Å². The first kappa shape index (κ1) is 20.8. The number of hydrogen-bond acceptors (Lipinski definition) is 2. The van der Waals surface area contributed by atoms with E-state index in [1.807, 2.05) is 34.9 Å². The molecule has 0 saturated heterocycles. The van der Waals surface area contributed by atoms with Crippen molar-refractivity contribution in [2.24, 2.45) is 0 Å². The summed E-state index contributed by atoms with van der Waals surface area (Å²) >= 11 is 24.7. The van der Waals surface area contributed by atoms with Gasteiger partial charge < -0.3 is 4.57 Å². The van der Waals surface area contributed by atoms with Crippen LogP contribution in [0.5, 0.6) is 0 Å². The highest BCUT2D eigenvalue weighted by molar-refractivity contribution is 6.36. The molecule has 0 unspecified atom stereocenters. The Balaban J connectivity index is 1.88. The van der Waals surface area contributed by atoms with Crippen LogP contribution in [-0.2, 0) is 6.54 Å². The second kappa shape index (κ2) is 8.71. The Labute approximate surface area is 193 Å². The lowest BCUT2D eigenvalue weighted by Crippen LogP contribution is -2.05. The van der Waals surface area contributed by atoms with Gasteiger partial charge in [-0.1, -0.05) is 70.7 Å². The van der Waals surface area contributed by atoms with Crippen LogP contribution in [0.3, 0.4) is 0 Å². The average Bonchev–Trinajstić information content (AvgIpc) is 3.08. The van der Waals surface area contributed by atoms with Crippen LogP contribution in [0, 0.1) is 11.3 Å². The van der Waals surface area contributed by atoms with Crippen molar-refractivity contribution in [2.75, 3.05) is 0 Å². The van der Waals surface area contributed by atoms with Crippen molar-refractivity contribution < 1.29 is 0 Å². The second-order valence-electron chi connectivity index (χ2n) is 6.58. The molecule has 0 amide bonds. The average molecular weight is 473 g/mol. The number of aromatic nitrogens is 2. The molecule has 1 heterocycles. The number of halogens is 4. The fraction of sp³-hybridized carbons (Fsp3) is 0.0435. The fourth-order valence-electron chi connectivity index (χ4n) is 3.18. The summed E-state index contributed by atoms with van der Waals surface area (Å²) in [6, 6.07) is 20.4. The maximum Gasteiger partial charge on any atom is 0.152 e. The number of fused-ring (bicyclic) bond motifs is 1. The summed E-state index contributed by atoms with van der Waals surface area (Å²) in [6.45, 7) is 0.430. The maximum atomic E-state index is 9.91. The van der Waals surface area contributed by atoms with Crippen molar-refractivity contribution in [3.8, 4) is 6.07 Å². The Kier molecular flexibility index (Phi) is 6.04. The van der Waals surface area contributed by atoms with E-state index >= 15 is 0 Å². The highest BCUT2D eigenvalue weighted by atomic mass is 35.5. The van der Waals surface area contributed by atoms with Gasteiger partial charge in [0.25, 0.3) is 0 Å². The van der Waals surface area contributed by atoms with Gasteiger partial charge in [0.1, 0.15) is 6.07 Å². The van der Waals surface area contributed by atoms with Crippen molar-refractivity contribution >= 4 is 69.1 Å². The molecule has 1 aromatic heterocycles. The standard InChI is InChI=1S/C23H13Cl4N3/c24-17-7-5-14(19(26)10-17)9-16(12-28)23-29-21-3-1-2-4-22(21)30(23)13-15-6-8-18(25)11-20(15)27/h1-11H,13H2/b16-9+. The van der Waals surface area contributed by atoms with Gasteiger partial charge in [-0.15, -0.1) is 0 Å². The van der Waals surface area contributed by atoms with Gasteiger partial charge in [0.05, 0.1) is 23.2 Å². The highest BCUT2D eigenvalue weighted by Gasteiger charge is 2.16. The number of imidazole rings is 1. The molecule has 0 atom stereocenters. The molecule has 0 radical (unpaired) electrons. The molecule has 0 N–H and O–H groups in total. The van der Waals surface area contributed by atoms with E-state index in [-0.39, 0.29) is 0 Å². The minimum absolute atomic E-state index is 0.375. The predicted molar refractivity (Wildman–Crippen MR) is 125 cm³/mol. The smallest absolute Gasteiger partial charge is 0.152 e. The lowest BCUT2D eigenvalue weighted by Gasteiger charge is -2.11. The van der Waals surface area contributed by atoms with E-state index in [0.29, 0.717) is 43.6 Å². The number of para-hydroxylation sites is 2. The molecular formula is C23H13Cl4N3. The molecule has 4 rings (SSSR count). The summed E-state index contributed by atoms with van der Waals surface area (Å²) in [7, 11) is 0. The monoisotopic (exact) mass is 471 g/mol. The van der Waals surface area contributed by atoms with Gasteiger partial charge in [-0.3, -0.25) is 0 Å². The van der Waals surface area contributed by atoms with Crippen LogP contribution in [0.2, 0.25) is 20.1 Å². The third-order valence-corrected chi connectivity index (χ3v) is 5.77. The van der Waals surface area contributed by atoms with Gasteiger partial charge in [0, 0.05) is 20.1 Å². The molecule has 0 aliphatic rings. The number of nitriles is 1. The molecule has 7 heteroatoms. The van der Waals surface area contributed by atoms with E-state index in [1.165, 1.54) is 0 Å². The predicted octanol–water partition coefficient (Wildman–Crippen LogP) is 7.76. The summed E-state index contributed by atoms with van der Waals surface area (Å²) < 4.78 is 1.96. The van der Waals surface area contributed by atoms with Gasteiger partial charge in [-0.2, -0.15) is 5.26 Å². The van der Waals surface area contributed by atoms with Crippen molar-refractivity contribution in [1.82, 2.24) is 9.55 Å². The molecule has 0 saturated carbocycles. The molecule has 0 bridgehead atoms. The van der Waals surface area contributed by atoms with Crippen molar-refractivity contribution in [3.63, 3.8) is 0 Å². The lowest BCUT2D eigenvalue weighted by molar-refractivity contribution is 0.811. The second-order valence-corrected chi connectivity index (χ2v) is 8.27. The van der Waals surface area contributed by atoms with Crippen LogP contribution < -0.4 is 0 Å². The molecule has 0 aliphatic carbocycles. The van der Waals surface area contributed by atoms with E-state index in [4.69, 9.17) is 51.4 Å². The fourth-order valence-corrected chi connectivity index (χ4v) is 4.11. The Bertz CT molecular complexity index is 1330. The maximum absolute atomic E-state index is 9.91. The first-order chi connectivity index (χ1) is 14.5. The first-order valence-electron chi connectivity index (χ1n) is 8.92. The minimum Gasteiger partial charge on any atom is -0.319 e. The van der Waals surface area contributed by atoms with Gasteiger partial charge in [0.15, 0.2) is 5.82 Å². The third kappa shape index (κ3) is 4.19. The SMILES string of the molecule is N#C/C(=C\c1ccc(Cl)cc1Cl)c1nc2ccccc2n1Cc1ccc(Cl)cc1Cl. The van der Waals surface area contributed by atoms with Gasteiger partial charge >= 0.3 is 0 Å². The first-order valence-corrected chi connectivity index (χ1v) is 10.4. The zero-order valence-electron chi connectivity index (χ0n) is 15.4. The highest BCUT2D eigenvalue weighted by Crippen LogP contribution is 2.29. The normalized spacial score (nSPS) is 11.6. The van der Waals surface area contributed by atoms with Crippen LogP contribution in [0.15, 0.2) is 60.7 Å². The van der Waals surface area contributed by atoms with Crippen LogP contribution in [0.25, 0.3) is 22.7 Å². The number of allylic oxidation sites excluding steroid dienone is 1. The molecular weight excluding hydrogens is 460 g/mol. The zero-order valence-corrected chi connectivity index (χ0v) is 18.4. The lowest BCUT2D eigenvalue weighted by atomic mass is 10.1. The quantitative estimate of drug-likeness (QED) is 0.284. The Morgan fingerprint density at radius 3 is 2.33 bits per heavy atom. The molecule has 0 fully saturated rings. The largest absolute Gasteiger partial charge is 0.319 e. The molecule has 30 heavy (non-hydrogen) atoms. The molecule has 148 valence electrons. The molecule has 3 nitrogen and oxygen atoms in total. The van der Waals surface area contributed by atoms with Crippen LogP contribution in [0.4, 0.5) is 0 Å². The Morgan fingerprint density at radius 1 is 0.933 bits per heavy atom. The Hall–Kier alpha value is -2.48. The van der Waals surface area contributed by atoms with Crippen molar-refractivity contribution in [3.05, 3.63) is 97.7 Å². The Morgan fingerprint density at radius 2 is 1.63 bits per heavy atom. The van der Waals surface area contributed by atoms with Crippen molar-refractivity contribution in [2.45, 2.75) is 6.54 Å². The van der Waals surface area contributed by atoms with E-state index in [0.717, 1.165) is 16.6 Å². The van der Waals surface area contributed by atoms with Crippen LogP contribution in [-0.4, -0.2) is 9.55 Å². The number of rotatable bonds is 4. The van der Waals surface area contributed by atoms with Crippen molar-refractivity contribution in [1.29, 1.82) is 5.26 Å². The topological polar surface area (TPSA) is 41.6 Å². The number of hydrogen-bond donors (Lipinski definition) is 0. The molecule has 3 aromatic carbocycles. The zero-order chi connectivity index (χ0) is 21.3. The minimum atomic E-state index is 0.375. The molecule has 4 aromatic rings. The summed E-state index contributed by atoms with van der Waals surface area (Å²) in [5, 5.41) is 12.0.